The molecule has 9 heteroatoms. The molecule has 1 atom stereocenters. The van der Waals surface area contributed by atoms with Crippen molar-refractivity contribution in [3.05, 3.63) is 101 Å². The third-order valence-electron chi connectivity index (χ3n) is 5.22. The third kappa shape index (κ3) is 4.27. The highest BCUT2D eigenvalue weighted by atomic mass is 35.5. The number of benzene rings is 2. The van der Waals surface area contributed by atoms with Crippen molar-refractivity contribution < 1.29 is 19.1 Å². The predicted octanol–water partition coefficient (Wildman–Crippen LogP) is 2.85. The summed E-state index contributed by atoms with van der Waals surface area (Å²) in [6, 6.07) is 13.0. The smallest absolute Gasteiger partial charge is 0.338 e. The van der Waals surface area contributed by atoms with Crippen molar-refractivity contribution in [1.82, 2.24) is 4.57 Å². The Kier molecular flexibility index (Phi) is 6.31. The number of nitrogens with zero attached hydrogens (tertiary/aromatic N) is 2. The Bertz CT molecular complexity index is 1470. The van der Waals surface area contributed by atoms with E-state index in [-0.39, 0.29) is 11.1 Å². The summed E-state index contributed by atoms with van der Waals surface area (Å²) in [6.07, 6.45) is 1.74. The summed E-state index contributed by atoms with van der Waals surface area (Å²) < 4.78 is 11.7. The third-order valence-corrected chi connectivity index (χ3v) is 6.44. The molecular formula is C24H19ClN2O5S. The highest BCUT2D eigenvalue weighted by Crippen LogP contribution is 2.30. The first-order valence-electron chi connectivity index (χ1n) is 9.88. The number of rotatable bonds is 4. The first-order valence-corrected chi connectivity index (χ1v) is 11.1. The average Bonchev–Trinajstić information content (AvgIpc) is 3.11. The molecule has 7 nitrogen and oxygen atoms in total. The minimum Gasteiger partial charge on any atom is -0.466 e. The summed E-state index contributed by atoms with van der Waals surface area (Å²) in [5.74, 6) is -1.06. The largest absolute Gasteiger partial charge is 0.466 e. The van der Waals surface area contributed by atoms with E-state index < -0.39 is 18.0 Å². The van der Waals surface area contributed by atoms with Crippen molar-refractivity contribution in [3.63, 3.8) is 0 Å². The van der Waals surface area contributed by atoms with Crippen molar-refractivity contribution in [1.29, 1.82) is 0 Å². The SMILES string of the molecule is COC(=O)C1=C(C)N=c2sc(=Cc3cccc(Cl)c3)c(=O)n2C1c1ccc(C(=O)OC)cc1. The Morgan fingerprint density at radius 3 is 2.42 bits per heavy atom. The molecular weight excluding hydrogens is 464 g/mol. The van der Waals surface area contributed by atoms with Crippen LogP contribution < -0.4 is 14.9 Å². The molecule has 0 aliphatic carbocycles. The number of esters is 2. The van der Waals surface area contributed by atoms with Crippen molar-refractivity contribution in [3.8, 4) is 0 Å². The monoisotopic (exact) mass is 482 g/mol. The first kappa shape index (κ1) is 22.7. The number of carbonyl (C=O) groups is 2. The molecule has 0 saturated carbocycles. The van der Waals surface area contributed by atoms with Crippen molar-refractivity contribution in [2.45, 2.75) is 13.0 Å². The van der Waals surface area contributed by atoms with Crippen LogP contribution in [0.25, 0.3) is 6.08 Å². The molecule has 1 aliphatic heterocycles. The summed E-state index contributed by atoms with van der Waals surface area (Å²) in [5, 5.41) is 0.559. The zero-order chi connectivity index (χ0) is 23.7. The molecule has 0 fully saturated rings. The van der Waals surface area contributed by atoms with E-state index in [4.69, 9.17) is 21.1 Å². The van der Waals surface area contributed by atoms with Crippen molar-refractivity contribution >= 4 is 41.0 Å². The number of hydrogen-bond acceptors (Lipinski definition) is 7. The maximum absolute atomic E-state index is 13.5. The Labute approximate surface area is 197 Å². The van der Waals surface area contributed by atoms with Crippen LogP contribution in [0.5, 0.6) is 0 Å². The second kappa shape index (κ2) is 9.17. The molecule has 0 saturated heterocycles. The summed E-state index contributed by atoms with van der Waals surface area (Å²) in [7, 11) is 2.58. The maximum Gasteiger partial charge on any atom is 0.338 e. The molecule has 0 bridgehead atoms. The molecule has 3 aromatic rings. The highest BCUT2D eigenvalue weighted by molar-refractivity contribution is 7.07. The van der Waals surface area contributed by atoms with Gasteiger partial charge in [0, 0.05) is 5.02 Å². The zero-order valence-electron chi connectivity index (χ0n) is 18.0. The van der Waals surface area contributed by atoms with E-state index in [2.05, 4.69) is 4.99 Å². The van der Waals surface area contributed by atoms with Gasteiger partial charge in [-0.1, -0.05) is 47.2 Å². The Hall–Kier alpha value is -3.49. The molecule has 1 aliphatic rings. The van der Waals surface area contributed by atoms with E-state index in [0.29, 0.717) is 31.2 Å². The van der Waals surface area contributed by atoms with Gasteiger partial charge in [0.1, 0.15) is 0 Å². The van der Waals surface area contributed by atoms with Crippen LogP contribution in [0.3, 0.4) is 0 Å². The number of hydrogen-bond donors (Lipinski definition) is 0. The summed E-state index contributed by atoms with van der Waals surface area (Å²) in [6.45, 7) is 1.70. The van der Waals surface area contributed by atoms with Gasteiger partial charge in [0.15, 0.2) is 4.80 Å². The molecule has 0 N–H and O–H groups in total. The fraction of sp³-hybridized carbons (Fsp3) is 0.167. The molecule has 0 amide bonds. The number of methoxy groups -OCH3 is 2. The first-order chi connectivity index (χ1) is 15.8. The van der Waals surface area contributed by atoms with Gasteiger partial charge in [-0.25, -0.2) is 14.6 Å². The van der Waals surface area contributed by atoms with Crippen molar-refractivity contribution in [2.75, 3.05) is 14.2 Å². The molecule has 1 aromatic heterocycles. The standard InChI is InChI=1S/C24H19ClN2O5S/c1-13-19(23(30)32-3)20(15-7-9-16(10-8-15)22(29)31-2)27-21(28)18(33-24(27)26-13)12-14-5-4-6-17(25)11-14/h4-12,20H,1-3H3. The van der Waals surface area contributed by atoms with Crippen LogP contribution in [-0.2, 0) is 14.3 Å². The van der Waals surface area contributed by atoms with Crippen LogP contribution in [0.1, 0.15) is 34.5 Å². The normalized spacial score (nSPS) is 15.6. The molecule has 2 heterocycles. The second-order valence-electron chi connectivity index (χ2n) is 7.24. The number of carbonyl (C=O) groups excluding carboxylic acids is 2. The Morgan fingerprint density at radius 1 is 1.09 bits per heavy atom. The molecule has 4 rings (SSSR count). The van der Waals surface area contributed by atoms with Gasteiger partial charge >= 0.3 is 11.9 Å². The average molecular weight is 483 g/mol. The molecule has 33 heavy (non-hydrogen) atoms. The van der Waals surface area contributed by atoms with Gasteiger partial charge < -0.3 is 9.47 Å². The summed E-state index contributed by atoms with van der Waals surface area (Å²) in [5.41, 5.74) is 2.18. The Balaban J connectivity index is 1.93. The highest BCUT2D eigenvalue weighted by Gasteiger charge is 2.33. The van der Waals surface area contributed by atoms with Crippen molar-refractivity contribution in [2.24, 2.45) is 4.99 Å². The molecule has 1 unspecified atom stereocenters. The van der Waals surface area contributed by atoms with E-state index in [9.17, 15) is 14.4 Å². The van der Waals surface area contributed by atoms with Crippen LogP contribution in [0.15, 0.2) is 69.6 Å². The van der Waals surface area contributed by atoms with E-state index in [1.807, 2.05) is 6.07 Å². The van der Waals surface area contributed by atoms with Gasteiger partial charge in [0.25, 0.3) is 5.56 Å². The lowest BCUT2D eigenvalue weighted by atomic mass is 9.95. The number of aromatic nitrogens is 1. The van der Waals surface area contributed by atoms with Crippen LogP contribution in [0.2, 0.25) is 5.02 Å². The minimum atomic E-state index is -0.762. The van der Waals surface area contributed by atoms with Gasteiger partial charge in [-0.15, -0.1) is 0 Å². The maximum atomic E-state index is 13.5. The number of halogens is 1. The van der Waals surface area contributed by atoms with E-state index >= 15 is 0 Å². The lowest BCUT2D eigenvalue weighted by Crippen LogP contribution is -2.39. The van der Waals surface area contributed by atoms with E-state index in [0.717, 1.165) is 5.56 Å². The van der Waals surface area contributed by atoms with Gasteiger partial charge in [-0.05, 0) is 48.4 Å². The van der Waals surface area contributed by atoms with Gasteiger partial charge in [-0.2, -0.15) is 0 Å². The van der Waals surface area contributed by atoms with E-state index in [1.165, 1.54) is 30.1 Å². The zero-order valence-corrected chi connectivity index (χ0v) is 19.6. The molecule has 168 valence electrons. The van der Waals surface area contributed by atoms with Gasteiger partial charge in [-0.3, -0.25) is 9.36 Å². The van der Waals surface area contributed by atoms with Crippen LogP contribution in [-0.4, -0.2) is 30.7 Å². The minimum absolute atomic E-state index is 0.255. The molecule has 0 spiro atoms. The summed E-state index contributed by atoms with van der Waals surface area (Å²) in [4.78, 5) is 43.0. The molecule has 0 radical (unpaired) electrons. The van der Waals surface area contributed by atoms with Crippen LogP contribution in [0, 0.1) is 0 Å². The quantitative estimate of drug-likeness (QED) is 0.534. The Morgan fingerprint density at radius 2 is 1.79 bits per heavy atom. The number of thiazole rings is 1. The second-order valence-corrected chi connectivity index (χ2v) is 8.69. The van der Waals surface area contributed by atoms with Crippen LogP contribution >= 0.6 is 22.9 Å². The van der Waals surface area contributed by atoms with Crippen LogP contribution in [0.4, 0.5) is 0 Å². The number of fused-ring (bicyclic) bond motifs is 1. The lowest BCUT2D eigenvalue weighted by Gasteiger charge is -2.24. The summed E-state index contributed by atoms with van der Waals surface area (Å²) >= 11 is 7.30. The van der Waals surface area contributed by atoms with Gasteiger partial charge in [0.05, 0.1) is 41.6 Å². The lowest BCUT2D eigenvalue weighted by molar-refractivity contribution is -0.136. The number of allylic oxidation sites excluding steroid dienone is 1. The fourth-order valence-electron chi connectivity index (χ4n) is 3.68. The fourth-order valence-corrected chi connectivity index (χ4v) is 4.92. The van der Waals surface area contributed by atoms with E-state index in [1.54, 1.807) is 55.5 Å². The topological polar surface area (TPSA) is 87.0 Å². The predicted molar refractivity (Wildman–Crippen MR) is 125 cm³/mol. The van der Waals surface area contributed by atoms with Gasteiger partial charge in [0.2, 0.25) is 0 Å². The molecule has 2 aromatic carbocycles. The number of ether oxygens (including phenoxy) is 2.